The Bertz CT molecular complexity index is 123. The Kier molecular flexibility index (Phi) is 7.03. The fraction of sp³-hybridized carbons (Fsp3) is 0.667. The molecule has 4 heteroatoms. The second kappa shape index (κ2) is 7.90. The van der Waals surface area contributed by atoms with Gasteiger partial charge in [0, 0.05) is 25.9 Å². The fourth-order valence-electron chi connectivity index (χ4n) is 0.414. The van der Waals surface area contributed by atoms with Gasteiger partial charge in [0.2, 0.25) is 0 Å². The fourth-order valence-corrected chi connectivity index (χ4v) is 0.414. The molecule has 0 saturated carbocycles. The predicted molar refractivity (Wildman–Crippen MR) is 36.5 cm³/mol. The van der Waals surface area contributed by atoms with Crippen LogP contribution in [0.3, 0.4) is 0 Å². The van der Waals surface area contributed by atoms with Crippen LogP contribution in [0.2, 0.25) is 0 Å². The van der Waals surface area contributed by atoms with Crippen LogP contribution in [0.1, 0.15) is 12.8 Å². The lowest BCUT2D eigenvalue weighted by Crippen LogP contribution is -2.32. The Morgan fingerprint density at radius 2 is 1.30 bits per heavy atom. The SMILES string of the molecule is N#CCCNNCCC#N. The highest BCUT2D eigenvalue weighted by Gasteiger charge is 1.83. The first kappa shape index (κ1) is 8.90. The molecule has 2 N–H and O–H groups in total. The minimum atomic E-state index is 0.486. The number of hydrazine groups is 1. The van der Waals surface area contributed by atoms with E-state index in [1.165, 1.54) is 0 Å². The summed E-state index contributed by atoms with van der Waals surface area (Å²) in [5, 5.41) is 16.2. The second-order valence-corrected chi connectivity index (χ2v) is 1.67. The number of hydrogen-bond donors (Lipinski definition) is 2. The molecule has 0 aromatic carbocycles. The summed E-state index contributed by atoms with van der Waals surface area (Å²) in [6.45, 7) is 1.25. The Labute approximate surface area is 60.4 Å². The maximum absolute atomic E-state index is 8.10. The van der Waals surface area contributed by atoms with Gasteiger partial charge in [-0.25, -0.2) is 0 Å². The maximum atomic E-state index is 8.10. The third-order valence-corrected chi connectivity index (χ3v) is 0.849. The molecule has 0 unspecified atom stereocenters. The van der Waals surface area contributed by atoms with E-state index >= 15 is 0 Å². The highest BCUT2D eigenvalue weighted by atomic mass is 15.3. The van der Waals surface area contributed by atoms with Gasteiger partial charge in [-0.05, 0) is 0 Å². The molecule has 0 aliphatic heterocycles. The Balaban J connectivity index is 2.80. The molecule has 0 saturated heterocycles. The average Bonchev–Trinajstić information content (AvgIpc) is 1.97. The van der Waals surface area contributed by atoms with Crippen molar-refractivity contribution in [2.24, 2.45) is 0 Å². The van der Waals surface area contributed by atoms with Gasteiger partial charge in [0.15, 0.2) is 0 Å². The van der Waals surface area contributed by atoms with E-state index in [0.717, 1.165) is 0 Å². The highest BCUT2D eigenvalue weighted by Crippen LogP contribution is 1.69. The summed E-state index contributed by atoms with van der Waals surface area (Å²) in [4.78, 5) is 0. The predicted octanol–water partition coefficient (Wildman–Crippen LogP) is -0.0920. The van der Waals surface area contributed by atoms with Gasteiger partial charge in [-0.1, -0.05) is 0 Å². The molecule has 0 fully saturated rings. The van der Waals surface area contributed by atoms with E-state index in [1.807, 2.05) is 12.1 Å². The van der Waals surface area contributed by atoms with Gasteiger partial charge in [-0.15, -0.1) is 0 Å². The Morgan fingerprint density at radius 3 is 1.60 bits per heavy atom. The van der Waals surface area contributed by atoms with Gasteiger partial charge in [-0.3, -0.25) is 10.9 Å². The van der Waals surface area contributed by atoms with Crippen molar-refractivity contribution in [3.8, 4) is 12.1 Å². The molecule has 4 nitrogen and oxygen atoms in total. The number of hydrogen-bond acceptors (Lipinski definition) is 4. The van der Waals surface area contributed by atoms with Crippen LogP contribution in [0, 0.1) is 22.7 Å². The van der Waals surface area contributed by atoms with E-state index in [0.29, 0.717) is 25.9 Å². The third kappa shape index (κ3) is 6.90. The molecule has 0 radical (unpaired) electrons. The normalized spacial score (nSPS) is 8.20. The van der Waals surface area contributed by atoms with Crippen molar-refractivity contribution < 1.29 is 0 Å². The number of nitrogens with one attached hydrogen (secondary N) is 2. The highest BCUT2D eigenvalue weighted by molar-refractivity contribution is 4.71. The summed E-state index contributed by atoms with van der Waals surface area (Å²) >= 11 is 0. The van der Waals surface area contributed by atoms with E-state index in [1.54, 1.807) is 0 Å². The molecule has 0 amide bonds. The molecule has 0 heterocycles. The van der Waals surface area contributed by atoms with Gasteiger partial charge in [0.25, 0.3) is 0 Å². The van der Waals surface area contributed by atoms with Gasteiger partial charge in [0.1, 0.15) is 0 Å². The summed E-state index contributed by atoms with van der Waals surface area (Å²) in [7, 11) is 0. The van der Waals surface area contributed by atoms with Gasteiger partial charge in [-0.2, -0.15) is 10.5 Å². The first-order valence-corrected chi connectivity index (χ1v) is 3.11. The molecule has 0 rings (SSSR count). The smallest absolute Gasteiger partial charge is 0.0635 e. The van der Waals surface area contributed by atoms with Crippen LogP contribution in [0.25, 0.3) is 0 Å². The monoisotopic (exact) mass is 138 g/mol. The van der Waals surface area contributed by atoms with Crippen molar-refractivity contribution >= 4 is 0 Å². The van der Waals surface area contributed by atoms with E-state index in [9.17, 15) is 0 Å². The van der Waals surface area contributed by atoms with Gasteiger partial charge >= 0.3 is 0 Å². The zero-order valence-corrected chi connectivity index (χ0v) is 5.72. The van der Waals surface area contributed by atoms with Crippen molar-refractivity contribution in [1.82, 2.24) is 10.9 Å². The standard InChI is InChI=1S/C6H10N4/c7-3-1-5-9-10-6-2-4-8/h9-10H,1-2,5-6H2. The molecule has 0 aromatic rings. The largest absolute Gasteiger partial charge is 0.257 e. The molecule has 10 heavy (non-hydrogen) atoms. The van der Waals surface area contributed by atoms with Crippen LogP contribution in [0.4, 0.5) is 0 Å². The summed E-state index contributed by atoms with van der Waals surface area (Å²) in [6, 6.07) is 3.98. The Hall–Kier alpha value is -1.10. The first-order valence-electron chi connectivity index (χ1n) is 3.11. The van der Waals surface area contributed by atoms with Crippen molar-refractivity contribution in [1.29, 1.82) is 10.5 Å². The summed E-state index contributed by atoms with van der Waals surface area (Å²) < 4.78 is 0. The molecular formula is C6H10N4. The van der Waals surface area contributed by atoms with Gasteiger partial charge < -0.3 is 0 Å². The lowest BCUT2D eigenvalue weighted by atomic mass is 10.5. The number of nitrogens with zero attached hydrogens (tertiary/aromatic N) is 2. The molecular weight excluding hydrogens is 128 g/mol. The minimum absolute atomic E-state index is 0.486. The topological polar surface area (TPSA) is 71.6 Å². The van der Waals surface area contributed by atoms with Crippen LogP contribution >= 0.6 is 0 Å². The summed E-state index contributed by atoms with van der Waals surface area (Å²) in [6.07, 6.45) is 0.971. The van der Waals surface area contributed by atoms with Crippen molar-refractivity contribution in [3.63, 3.8) is 0 Å². The van der Waals surface area contributed by atoms with Crippen LogP contribution in [-0.4, -0.2) is 13.1 Å². The maximum Gasteiger partial charge on any atom is 0.0635 e. The van der Waals surface area contributed by atoms with Gasteiger partial charge in [0.05, 0.1) is 12.1 Å². The van der Waals surface area contributed by atoms with Crippen LogP contribution < -0.4 is 10.9 Å². The van der Waals surface area contributed by atoms with E-state index in [4.69, 9.17) is 10.5 Å². The molecule has 0 aliphatic rings. The van der Waals surface area contributed by atoms with E-state index in [2.05, 4.69) is 10.9 Å². The Morgan fingerprint density at radius 1 is 0.900 bits per heavy atom. The molecule has 0 aliphatic carbocycles. The van der Waals surface area contributed by atoms with Crippen LogP contribution in [0.15, 0.2) is 0 Å². The van der Waals surface area contributed by atoms with Crippen molar-refractivity contribution in [2.45, 2.75) is 12.8 Å². The number of rotatable bonds is 5. The molecule has 0 atom stereocenters. The second-order valence-electron chi connectivity index (χ2n) is 1.67. The van der Waals surface area contributed by atoms with E-state index in [-0.39, 0.29) is 0 Å². The summed E-state index contributed by atoms with van der Waals surface area (Å²) in [5.41, 5.74) is 5.60. The molecule has 0 aromatic heterocycles. The molecule has 0 bridgehead atoms. The third-order valence-electron chi connectivity index (χ3n) is 0.849. The first-order chi connectivity index (χ1) is 4.91. The lowest BCUT2D eigenvalue weighted by Gasteiger charge is -1.99. The quantitative estimate of drug-likeness (QED) is 0.411. The van der Waals surface area contributed by atoms with Crippen molar-refractivity contribution in [2.75, 3.05) is 13.1 Å². The van der Waals surface area contributed by atoms with Crippen LogP contribution in [-0.2, 0) is 0 Å². The average molecular weight is 138 g/mol. The minimum Gasteiger partial charge on any atom is -0.257 e. The molecule has 0 spiro atoms. The molecule has 54 valence electrons. The summed E-state index contributed by atoms with van der Waals surface area (Å²) in [5.74, 6) is 0. The lowest BCUT2D eigenvalue weighted by molar-refractivity contribution is 0.546. The van der Waals surface area contributed by atoms with Crippen LogP contribution in [0.5, 0.6) is 0 Å². The zero-order chi connectivity index (χ0) is 7.66. The zero-order valence-electron chi connectivity index (χ0n) is 5.72. The van der Waals surface area contributed by atoms with E-state index < -0.39 is 0 Å². The van der Waals surface area contributed by atoms with Crippen molar-refractivity contribution in [3.05, 3.63) is 0 Å². The number of nitriles is 2.